The van der Waals surface area contributed by atoms with Gasteiger partial charge in [0.2, 0.25) is 11.8 Å². The van der Waals surface area contributed by atoms with Crippen LogP contribution < -0.4 is 10.1 Å². The van der Waals surface area contributed by atoms with Gasteiger partial charge in [-0.15, -0.1) is 0 Å². The van der Waals surface area contributed by atoms with Crippen molar-refractivity contribution in [3.8, 4) is 5.75 Å². The number of nitrogens with zero attached hydrogens (tertiary/aromatic N) is 1. The zero-order valence-electron chi connectivity index (χ0n) is 13.4. The fraction of sp³-hybridized carbons (Fsp3) is 0.556. The minimum Gasteiger partial charge on any atom is -0.494 e. The highest BCUT2D eigenvalue weighted by atomic mass is 16.5. The van der Waals surface area contributed by atoms with Crippen molar-refractivity contribution in [1.82, 2.24) is 10.2 Å². The van der Waals surface area contributed by atoms with Crippen molar-refractivity contribution in [2.75, 3.05) is 19.7 Å². The third-order valence-electron chi connectivity index (χ3n) is 4.86. The molecule has 2 amide bonds. The van der Waals surface area contributed by atoms with E-state index in [4.69, 9.17) is 4.74 Å². The molecule has 2 aliphatic rings. The molecule has 2 fully saturated rings. The van der Waals surface area contributed by atoms with E-state index in [9.17, 15) is 9.59 Å². The van der Waals surface area contributed by atoms with E-state index in [1.807, 2.05) is 35.2 Å². The lowest BCUT2D eigenvalue weighted by atomic mass is 9.86. The number of hydrogen-bond acceptors (Lipinski definition) is 3. The summed E-state index contributed by atoms with van der Waals surface area (Å²) < 4.78 is 5.61. The van der Waals surface area contributed by atoms with Crippen molar-refractivity contribution >= 4 is 11.8 Å². The Kier molecular flexibility index (Phi) is 4.84. The Morgan fingerprint density at radius 2 is 1.91 bits per heavy atom. The molecule has 3 rings (SSSR count). The molecule has 1 spiro atoms. The molecular formula is C18H24N2O3. The van der Waals surface area contributed by atoms with Crippen LogP contribution in [0.1, 0.15) is 38.5 Å². The van der Waals surface area contributed by atoms with E-state index in [0.29, 0.717) is 19.4 Å². The molecule has 0 bridgehead atoms. The molecule has 0 atom stereocenters. The largest absolute Gasteiger partial charge is 0.494 e. The highest BCUT2D eigenvalue weighted by Crippen LogP contribution is 2.31. The van der Waals surface area contributed by atoms with Crippen LogP contribution in [0.4, 0.5) is 0 Å². The second-order valence-electron chi connectivity index (χ2n) is 6.47. The molecular weight excluding hydrogens is 292 g/mol. The Balaban J connectivity index is 1.36. The van der Waals surface area contributed by atoms with E-state index in [1.54, 1.807) is 0 Å². The van der Waals surface area contributed by atoms with E-state index in [1.165, 1.54) is 0 Å². The van der Waals surface area contributed by atoms with Crippen LogP contribution >= 0.6 is 0 Å². The van der Waals surface area contributed by atoms with Gasteiger partial charge in [-0.3, -0.25) is 9.59 Å². The summed E-state index contributed by atoms with van der Waals surface area (Å²) in [5.41, 5.74) is -0.0374. The second-order valence-corrected chi connectivity index (χ2v) is 6.47. The van der Waals surface area contributed by atoms with Gasteiger partial charge in [-0.25, -0.2) is 0 Å². The van der Waals surface area contributed by atoms with E-state index in [0.717, 1.165) is 44.5 Å². The maximum absolute atomic E-state index is 12.3. The fourth-order valence-corrected chi connectivity index (χ4v) is 3.42. The summed E-state index contributed by atoms with van der Waals surface area (Å²) in [6, 6.07) is 9.66. The minimum atomic E-state index is -0.0374. The van der Waals surface area contributed by atoms with Crippen LogP contribution in [0.3, 0.4) is 0 Å². The predicted molar refractivity (Wildman–Crippen MR) is 87.1 cm³/mol. The van der Waals surface area contributed by atoms with E-state index < -0.39 is 0 Å². The topological polar surface area (TPSA) is 58.6 Å². The number of amides is 2. The van der Waals surface area contributed by atoms with Crippen LogP contribution in [0.5, 0.6) is 5.75 Å². The fourth-order valence-electron chi connectivity index (χ4n) is 3.42. The van der Waals surface area contributed by atoms with Gasteiger partial charge in [0.05, 0.1) is 6.61 Å². The zero-order chi connectivity index (χ0) is 16.1. The van der Waals surface area contributed by atoms with Gasteiger partial charge >= 0.3 is 0 Å². The number of carbonyl (C=O) groups is 2. The molecule has 0 saturated carbocycles. The van der Waals surface area contributed by atoms with Crippen LogP contribution in [-0.2, 0) is 9.59 Å². The van der Waals surface area contributed by atoms with Crippen LogP contribution in [0, 0.1) is 0 Å². The first-order valence-electron chi connectivity index (χ1n) is 8.44. The molecule has 5 heteroatoms. The van der Waals surface area contributed by atoms with Crippen molar-refractivity contribution in [2.45, 2.75) is 44.1 Å². The van der Waals surface area contributed by atoms with Crippen molar-refractivity contribution in [3.63, 3.8) is 0 Å². The maximum atomic E-state index is 12.3. The lowest BCUT2D eigenvalue weighted by Gasteiger charge is -2.39. The van der Waals surface area contributed by atoms with Gasteiger partial charge in [0.1, 0.15) is 5.75 Å². The summed E-state index contributed by atoms with van der Waals surface area (Å²) in [7, 11) is 0. The number of benzene rings is 1. The maximum Gasteiger partial charge on any atom is 0.222 e. The lowest BCUT2D eigenvalue weighted by molar-refractivity contribution is -0.133. The SMILES string of the molecule is O=C1CCC2(CCN(C(=O)CCCOc3ccccc3)CC2)N1. The van der Waals surface area contributed by atoms with Crippen molar-refractivity contribution < 1.29 is 14.3 Å². The summed E-state index contributed by atoms with van der Waals surface area (Å²) in [5.74, 6) is 1.19. The molecule has 2 heterocycles. The number of likely N-dealkylation sites (tertiary alicyclic amines) is 1. The molecule has 1 N–H and O–H groups in total. The highest BCUT2D eigenvalue weighted by Gasteiger charge is 2.40. The third-order valence-corrected chi connectivity index (χ3v) is 4.86. The Hall–Kier alpha value is -2.04. The van der Waals surface area contributed by atoms with Gasteiger partial charge in [-0.1, -0.05) is 18.2 Å². The van der Waals surface area contributed by atoms with E-state index >= 15 is 0 Å². The van der Waals surface area contributed by atoms with E-state index in [2.05, 4.69) is 5.32 Å². The standard InChI is InChI=1S/C18H24N2O3/c21-16-8-9-18(19-16)10-12-20(13-11-18)17(22)7-4-14-23-15-5-2-1-3-6-15/h1-3,5-6H,4,7-14H2,(H,19,21). The molecule has 0 unspecified atom stereocenters. The van der Waals surface area contributed by atoms with Gasteiger partial charge in [-0.05, 0) is 37.8 Å². The first-order valence-corrected chi connectivity index (χ1v) is 8.44. The monoisotopic (exact) mass is 316 g/mol. The number of carbonyl (C=O) groups excluding carboxylic acids is 2. The smallest absolute Gasteiger partial charge is 0.222 e. The van der Waals surface area contributed by atoms with Gasteiger partial charge in [-0.2, -0.15) is 0 Å². The average Bonchev–Trinajstić information content (AvgIpc) is 2.93. The molecule has 0 radical (unpaired) electrons. The molecule has 124 valence electrons. The highest BCUT2D eigenvalue weighted by molar-refractivity contribution is 5.80. The Morgan fingerprint density at radius 3 is 2.57 bits per heavy atom. The number of ether oxygens (including phenoxy) is 1. The number of piperidine rings is 1. The lowest BCUT2D eigenvalue weighted by Crippen LogP contribution is -2.52. The first kappa shape index (κ1) is 15.8. The molecule has 5 nitrogen and oxygen atoms in total. The molecule has 2 saturated heterocycles. The number of nitrogens with one attached hydrogen (secondary N) is 1. The zero-order valence-corrected chi connectivity index (χ0v) is 13.4. The molecule has 0 aliphatic carbocycles. The molecule has 2 aliphatic heterocycles. The Morgan fingerprint density at radius 1 is 1.17 bits per heavy atom. The summed E-state index contributed by atoms with van der Waals surface area (Å²) in [4.78, 5) is 25.6. The number of hydrogen-bond donors (Lipinski definition) is 1. The summed E-state index contributed by atoms with van der Waals surface area (Å²) in [6.07, 6.45) is 4.55. The van der Waals surface area contributed by atoms with Crippen LogP contribution in [0.25, 0.3) is 0 Å². The van der Waals surface area contributed by atoms with Crippen molar-refractivity contribution in [1.29, 1.82) is 0 Å². The van der Waals surface area contributed by atoms with Gasteiger partial charge in [0, 0.05) is 31.5 Å². The van der Waals surface area contributed by atoms with Crippen molar-refractivity contribution in [3.05, 3.63) is 30.3 Å². The first-order chi connectivity index (χ1) is 11.2. The minimum absolute atomic E-state index is 0.0374. The molecule has 23 heavy (non-hydrogen) atoms. The van der Waals surface area contributed by atoms with Crippen LogP contribution in [0.2, 0.25) is 0 Å². The second kappa shape index (κ2) is 7.02. The van der Waals surface area contributed by atoms with E-state index in [-0.39, 0.29) is 17.4 Å². The van der Waals surface area contributed by atoms with Gasteiger partial charge in [0.15, 0.2) is 0 Å². The average molecular weight is 316 g/mol. The van der Waals surface area contributed by atoms with Crippen molar-refractivity contribution in [2.24, 2.45) is 0 Å². The van der Waals surface area contributed by atoms with Crippen LogP contribution in [0.15, 0.2) is 30.3 Å². The summed E-state index contributed by atoms with van der Waals surface area (Å²) in [6.45, 7) is 2.06. The normalized spacial score (nSPS) is 19.7. The van der Waals surface area contributed by atoms with Gasteiger partial charge < -0.3 is 15.0 Å². The van der Waals surface area contributed by atoms with Gasteiger partial charge in [0.25, 0.3) is 0 Å². The summed E-state index contributed by atoms with van der Waals surface area (Å²) in [5, 5.41) is 3.10. The quantitative estimate of drug-likeness (QED) is 0.847. The Labute approximate surface area is 137 Å². The third kappa shape index (κ3) is 4.03. The number of rotatable bonds is 5. The number of para-hydroxylation sites is 1. The summed E-state index contributed by atoms with van der Waals surface area (Å²) >= 11 is 0. The Bertz CT molecular complexity index is 551. The molecule has 1 aromatic carbocycles. The van der Waals surface area contributed by atoms with Crippen LogP contribution in [-0.4, -0.2) is 41.9 Å². The molecule has 1 aromatic rings. The predicted octanol–water partition coefficient (Wildman–Crippen LogP) is 2.12. The molecule has 0 aromatic heterocycles.